The molecule has 0 radical (unpaired) electrons. The van der Waals surface area contributed by atoms with Gasteiger partial charge in [-0.2, -0.15) is 0 Å². The van der Waals surface area contributed by atoms with Gasteiger partial charge in [-0.3, -0.25) is 0 Å². The summed E-state index contributed by atoms with van der Waals surface area (Å²) in [4.78, 5) is 0. The van der Waals surface area contributed by atoms with E-state index in [4.69, 9.17) is 0 Å². The van der Waals surface area contributed by atoms with E-state index in [2.05, 4.69) is 60.1 Å². The highest BCUT2D eigenvalue weighted by molar-refractivity contribution is 9.11. The molecule has 0 saturated carbocycles. The molecule has 0 unspecified atom stereocenters. The SMILES string of the molecule is CC/C(Br)=C\c1ccccc1C. The largest absolute Gasteiger partial charge is 0.0620 e. The van der Waals surface area contributed by atoms with Gasteiger partial charge >= 0.3 is 0 Å². The van der Waals surface area contributed by atoms with Crippen LogP contribution in [0.2, 0.25) is 0 Å². The molecule has 0 nitrogen and oxygen atoms in total. The van der Waals surface area contributed by atoms with Crippen LogP contribution in [0.1, 0.15) is 24.5 Å². The lowest BCUT2D eigenvalue weighted by Crippen LogP contribution is -1.78. The van der Waals surface area contributed by atoms with Crippen molar-refractivity contribution in [1.29, 1.82) is 0 Å². The van der Waals surface area contributed by atoms with Crippen LogP contribution in [-0.4, -0.2) is 0 Å². The standard InChI is InChI=1S/C11H13Br/c1-3-11(12)8-10-7-5-4-6-9(10)2/h4-8H,3H2,1-2H3/b11-8+. The molecule has 0 atom stereocenters. The van der Waals surface area contributed by atoms with Crippen molar-refractivity contribution >= 4 is 22.0 Å². The van der Waals surface area contributed by atoms with Crippen LogP contribution in [0, 0.1) is 6.92 Å². The summed E-state index contributed by atoms with van der Waals surface area (Å²) >= 11 is 3.51. The smallest absolute Gasteiger partial charge is 0.00461 e. The predicted octanol–water partition coefficient (Wildman–Crippen LogP) is 4.14. The zero-order valence-electron chi connectivity index (χ0n) is 7.47. The van der Waals surface area contributed by atoms with Gasteiger partial charge in [0.05, 0.1) is 0 Å². The minimum atomic E-state index is 1.05. The Hall–Kier alpha value is -0.560. The van der Waals surface area contributed by atoms with Gasteiger partial charge in [-0.1, -0.05) is 47.1 Å². The molecule has 64 valence electrons. The summed E-state index contributed by atoms with van der Waals surface area (Å²) in [6.45, 7) is 4.26. The zero-order chi connectivity index (χ0) is 8.97. The average Bonchev–Trinajstić information content (AvgIpc) is 2.09. The lowest BCUT2D eigenvalue weighted by Gasteiger charge is -1.99. The second-order valence-corrected chi connectivity index (χ2v) is 3.82. The van der Waals surface area contributed by atoms with Crippen molar-refractivity contribution in [2.45, 2.75) is 20.3 Å². The van der Waals surface area contributed by atoms with Gasteiger partial charge in [0.2, 0.25) is 0 Å². The van der Waals surface area contributed by atoms with E-state index in [0.29, 0.717) is 0 Å². The van der Waals surface area contributed by atoms with Crippen LogP contribution in [-0.2, 0) is 0 Å². The molecule has 12 heavy (non-hydrogen) atoms. The Bertz CT molecular complexity index is 287. The summed E-state index contributed by atoms with van der Waals surface area (Å²) < 4.78 is 1.25. The summed E-state index contributed by atoms with van der Waals surface area (Å²) in [6.07, 6.45) is 3.23. The van der Waals surface area contributed by atoms with E-state index in [0.717, 1.165) is 6.42 Å². The number of aryl methyl sites for hydroxylation is 1. The Kier molecular flexibility index (Phi) is 3.54. The van der Waals surface area contributed by atoms with Crippen molar-refractivity contribution < 1.29 is 0 Å². The topological polar surface area (TPSA) is 0 Å². The Balaban J connectivity index is 2.96. The van der Waals surface area contributed by atoms with Crippen molar-refractivity contribution in [1.82, 2.24) is 0 Å². The van der Waals surface area contributed by atoms with Crippen molar-refractivity contribution in [3.05, 3.63) is 39.9 Å². The fraction of sp³-hybridized carbons (Fsp3) is 0.273. The highest BCUT2D eigenvalue weighted by Crippen LogP contribution is 2.17. The van der Waals surface area contributed by atoms with Crippen LogP contribution in [0.25, 0.3) is 6.08 Å². The maximum atomic E-state index is 3.51. The van der Waals surface area contributed by atoms with Gasteiger partial charge in [-0.15, -0.1) is 0 Å². The molecule has 0 spiro atoms. The Morgan fingerprint density at radius 2 is 2.08 bits per heavy atom. The molecular formula is C11H13Br. The summed E-state index contributed by atoms with van der Waals surface area (Å²) in [5.41, 5.74) is 2.62. The molecule has 0 aliphatic heterocycles. The van der Waals surface area contributed by atoms with E-state index < -0.39 is 0 Å². The number of allylic oxidation sites excluding steroid dienone is 1. The zero-order valence-corrected chi connectivity index (χ0v) is 9.06. The van der Waals surface area contributed by atoms with Crippen molar-refractivity contribution in [3.63, 3.8) is 0 Å². The van der Waals surface area contributed by atoms with Crippen LogP contribution >= 0.6 is 15.9 Å². The van der Waals surface area contributed by atoms with Gasteiger partial charge in [-0.05, 0) is 35.0 Å². The molecule has 0 aliphatic rings. The third-order valence-corrected chi connectivity index (χ3v) is 2.63. The number of rotatable bonds is 2. The van der Waals surface area contributed by atoms with Gasteiger partial charge < -0.3 is 0 Å². The summed E-state index contributed by atoms with van der Waals surface area (Å²) in [7, 11) is 0. The molecule has 0 N–H and O–H groups in total. The predicted molar refractivity (Wildman–Crippen MR) is 58.4 cm³/mol. The molecule has 1 aromatic rings. The average molecular weight is 225 g/mol. The number of hydrogen-bond donors (Lipinski definition) is 0. The van der Waals surface area contributed by atoms with Crippen LogP contribution in [0.3, 0.4) is 0 Å². The van der Waals surface area contributed by atoms with Crippen LogP contribution < -0.4 is 0 Å². The second-order valence-electron chi connectivity index (χ2n) is 2.80. The molecule has 0 aliphatic carbocycles. The normalized spacial score (nSPS) is 11.8. The van der Waals surface area contributed by atoms with Crippen molar-refractivity contribution in [2.75, 3.05) is 0 Å². The fourth-order valence-corrected chi connectivity index (χ4v) is 1.27. The summed E-state index contributed by atoms with van der Waals surface area (Å²) in [5.74, 6) is 0. The molecule has 1 aromatic carbocycles. The summed E-state index contributed by atoms with van der Waals surface area (Å²) in [6, 6.07) is 8.38. The molecule has 0 aromatic heterocycles. The third-order valence-electron chi connectivity index (χ3n) is 1.84. The monoisotopic (exact) mass is 224 g/mol. The first-order valence-corrected chi connectivity index (χ1v) is 4.95. The minimum Gasteiger partial charge on any atom is -0.0620 e. The van der Waals surface area contributed by atoms with E-state index in [1.54, 1.807) is 0 Å². The number of hydrogen-bond acceptors (Lipinski definition) is 0. The molecule has 0 bridgehead atoms. The van der Waals surface area contributed by atoms with Crippen molar-refractivity contribution in [3.8, 4) is 0 Å². The van der Waals surface area contributed by atoms with E-state index in [9.17, 15) is 0 Å². The third kappa shape index (κ3) is 2.49. The Labute approximate surface area is 82.4 Å². The lowest BCUT2D eigenvalue weighted by molar-refractivity contribution is 1.22. The Morgan fingerprint density at radius 3 is 2.67 bits per heavy atom. The molecule has 0 amide bonds. The van der Waals surface area contributed by atoms with Crippen LogP contribution in [0.15, 0.2) is 28.7 Å². The molecule has 1 rings (SSSR count). The van der Waals surface area contributed by atoms with Gasteiger partial charge in [0.15, 0.2) is 0 Å². The number of benzene rings is 1. The fourth-order valence-electron chi connectivity index (χ4n) is 1.02. The first kappa shape index (κ1) is 9.53. The van der Waals surface area contributed by atoms with Crippen molar-refractivity contribution in [2.24, 2.45) is 0 Å². The van der Waals surface area contributed by atoms with Gasteiger partial charge in [0.1, 0.15) is 0 Å². The maximum Gasteiger partial charge on any atom is -0.00461 e. The first-order chi connectivity index (χ1) is 5.74. The van der Waals surface area contributed by atoms with E-state index in [1.165, 1.54) is 15.6 Å². The summed E-state index contributed by atoms with van der Waals surface area (Å²) in [5, 5.41) is 0. The lowest BCUT2D eigenvalue weighted by atomic mass is 10.1. The van der Waals surface area contributed by atoms with E-state index >= 15 is 0 Å². The first-order valence-electron chi connectivity index (χ1n) is 4.15. The Morgan fingerprint density at radius 1 is 1.42 bits per heavy atom. The minimum absolute atomic E-state index is 1.05. The van der Waals surface area contributed by atoms with Gasteiger partial charge in [0, 0.05) is 0 Å². The van der Waals surface area contributed by atoms with Gasteiger partial charge in [0.25, 0.3) is 0 Å². The van der Waals surface area contributed by atoms with E-state index in [1.807, 2.05) is 0 Å². The molecule has 0 saturated heterocycles. The van der Waals surface area contributed by atoms with Crippen LogP contribution in [0.4, 0.5) is 0 Å². The highest BCUT2D eigenvalue weighted by Gasteiger charge is 1.93. The maximum absolute atomic E-state index is 3.51. The number of halogens is 1. The molecular weight excluding hydrogens is 212 g/mol. The van der Waals surface area contributed by atoms with E-state index in [-0.39, 0.29) is 0 Å². The molecule has 0 heterocycles. The van der Waals surface area contributed by atoms with Gasteiger partial charge in [-0.25, -0.2) is 0 Å². The quantitative estimate of drug-likeness (QED) is 0.709. The second kappa shape index (κ2) is 4.46. The van der Waals surface area contributed by atoms with Crippen LogP contribution in [0.5, 0.6) is 0 Å². The molecule has 0 fully saturated rings. The molecule has 1 heteroatoms. The highest BCUT2D eigenvalue weighted by atomic mass is 79.9.